The van der Waals surface area contributed by atoms with Crippen LogP contribution in [0, 0.1) is 0 Å². The van der Waals surface area contributed by atoms with Gasteiger partial charge in [0.2, 0.25) is 0 Å². The number of benzene rings is 2. The third kappa shape index (κ3) is 3.86. The number of hydrogen-bond donors (Lipinski definition) is 1. The molecule has 0 fully saturated rings. The van der Waals surface area contributed by atoms with E-state index in [4.69, 9.17) is 21.4 Å². The predicted molar refractivity (Wildman–Crippen MR) is 93.3 cm³/mol. The molecule has 0 bridgehead atoms. The minimum Gasteiger partial charge on any atom is -0.493 e. The largest absolute Gasteiger partial charge is 0.493 e. The van der Waals surface area contributed by atoms with Gasteiger partial charge < -0.3 is 14.7 Å². The van der Waals surface area contributed by atoms with Gasteiger partial charge in [-0.25, -0.2) is 0 Å². The zero-order valence-corrected chi connectivity index (χ0v) is 14.1. The first-order valence-electron chi connectivity index (χ1n) is 7.98. The van der Waals surface area contributed by atoms with Crippen LogP contribution in [0.2, 0.25) is 5.02 Å². The van der Waals surface area contributed by atoms with Gasteiger partial charge in [-0.3, -0.25) is 0 Å². The van der Waals surface area contributed by atoms with Crippen LogP contribution in [0.25, 0.3) is 0 Å². The van der Waals surface area contributed by atoms with Crippen LogP contribution in [-0.4, -0.2) is 36.8 Å². The van der Waals surface area contributed by atoms with E-state index in [1.807, 2.05) is 18.2 Å². The van der Waals surface area contributed by atoms with Crippen molar-refractivity contribution in [2.75, 3.05) is 26.8 Å². The third-order valence-corrected chi connectivity index (χ3v) is 4.48. The zero-order chi connectivity index (χ0) is 16.2. The van der Waals surface area contributed by atoms with Crippen LogP contribution < -0.4 is 4.74 Å². The molecule has 0 radical (unpaired) electrons. The number of ether oxygens (including phenoxy) is 1. The van der Waals surface area contributed by atoms with Gasteiger partial charge in [-0.15, -0.1) is 0 Å². The van der Waals surface area contributed by atoms with Crippen LogP contribution in [0.4, 0.5) is 0 Å². The van der Waals surface area contributed by atoms with Gasteiger partial charge in [-0.05, 0) is 48.0 Å². The van der Waals surface area contributed by atoms with Crippen molar-refractivity contribution in [3.8, 4) is 5.75 Å². The number of fused-ring (bicyclic) bond motifs is 1. The molecule has 0 aromatic heterocycles. The molecule has 1 atom stereocenters. The lowest BCUT2D eigenvalue weighted by Gasteiger charge is -2.33. The van der Waals surface area contributed by atoms with Crippen LogP contribution in [0.1, 0.15) is 29.0 Å². The average molecular weight is 332 g/mol. The Labute approximate surface area is 142 Å². The van der Waals surface area contributed by atoms with E-state index >= 15 is 0 Å². The minimum absolute atomic E-state index is 0.157. The Hall–Kier alpha value is -1.55. The van der Waals surface area contributed by atoms with Gasteiger partial charge in [0.1, 0.15) is 5.75 Å². The highest BCUT2D eigenvalue weighted by Gasteiger charge is 2.25. The lowest BCUT2D eigenvalue weighted by atomic mass is 9.85. The van der Waals surface area contributed by atoms with Crippen LogP contribution in [0.5, 0.6) is 5.75 Å². The van der Waals surface area contributed by atoms with Gasteiger partial charge in [-0.2, -0.15) is 0 Å². The lowest BCUT2D eigenvalue weighted by molar-refractivity contribution is 0.233. The highest BCUT2D eigenvalue weighted by molar-refractivity contribution is 6.30. The molecule has 0 spiro atoms. The number of likely N-dealkylation sites (N-methyl/N-ethyl adjacent to an activating group) is 1. The van der Waals surface area contributed by atoms with Crippen molar-refractivity contribution in [1.82, 2.24) is 4.90 Å². The molecule has 0 saturated heterocycles. The number of hydrogen-bond acceptors (Lipinski definition) is 3. The standard InChI is InChI=1S/C19H22ClNO2/c1-21-12-15-11-17(23-9-3-8-22)6-7-18(15)19(13-21)14-4-2-5-16(20)10-14/h2,4-7,10-11,19,22H,3,8-9,12-13H2,1H3. The number of aliphatic hydroxyl groups excluding tert-OH is 1. The zero-order valence-electron chi connectivity index (χ0n) is 13.3. The first-order valence-corrected chi connectivity index (χ1v) is 8.35. The second kappa shape index (κ2) is 7.35. The molecule has 3 rings (SSSR count). The molecule has 0 saturated carbocycles. The van der Waals surface area contributed by atoms with E-state index in [9.17, 15) is 0 Å². The molecule has 1 unspecified atom stereocenters. The molecule has 0 amide bonds. The maximum absolute atomic E-state index is 8.86. The second-order valence-electron chi connectivity index (χ2n) is 6.09. The van der Waals surface area contributed by atoms with E-state index in [0.717, 1.165) is 23.9 Å². The van der Waals surface area contributed by atoms with Gasteiger partial charge in [0, 0.05) is 37.1 Å². The van der Waals surface area contributed by atoms with Crippen molar-refractivity contribution in [3.05, 3.63) is 64.2 Å². The van der Waals surface area contributed by atoms with Gasteiger partial charge in [-0.1, -0.05) is 29.8 Å². The van der Waals surface area contributed by atoms with E-state index in [1.54, 1.807) is 0 Å². The summed E-state index contributed by atoms with van der Waals surface area (Å²) in [5, 5.41) is 9.64. The Morgan fingerprint density at radius 3 is 2.91 bits per heavy atom. The molecule has 2 aromatic rings. The Morgan fingerprint density at radius 1 is 1.26 bits per heavy atom. The quantitative estimate of drug-likeness (QED) is 0.848. The molecule has 0 aliphatic carbocycles. The van der Waals surface area contributed by atoms with Crippen molar-refractivity contribution in [2.45, 2.75) is 18.9 Å². The molecule has 1 aliphatic heterocycles. The molecule has 3 nitrogen and oxygen atoms in total. The second-order valence-corrected chi connectivity index (χ2v) is 6.53. The topological polar surface area (TPSA) is 32.7 Å². The highest BCUT2D eigenvalue weighted by Crippen LogP contribution is 2.35. The average Bonchev–Trinajstić information content (AvgIpc) is 2.54. The summed E-state index contributed by atoms with van der Waals surface area (Å²) in [7, 11) is 2.14. The van der Waals surface area contributed by atoms with Crippen LogP contribution in [-0.2, 0) is 6.54 Å². The van der Waals surface area contributed by atoms with Crippen LogP contribution in [0.15, 0.2) is 42.5 Å². The summed E-state index contributed by atoms with van der Waals surface area (Å²) in [6, 6.07) is 14.4. The Morgan fingerprint density at radius 2 is 2.13 bits per heavy atom. The first kappa shape index (κ1) is 16.3. The summed E-state index contributed by atoms with van der Waals surface area (Å²) in [5.74, 6) is 1.20. The van der Waals surface area contributed by atoms with Crippen molar-refractivity contribution >= 4 is 11.6 Å². The molecule has 2 aromatic carbocycles. The van der Waals surface area contributed by atoms with E-state index in [1.165, 1.54) is 16.7 Å². The Balaban J connectivity index is 1.89. The maximum atomic E-state index is 8.86. The van der Waals surface area contributed by atoms with Crippen LogP contribution >= 0.6 is 11.6 Å². The third-order valence-electron chi connectivity index (χ3n) is 4.25. The van der Waals surface area contributed by atoms with Crippen molar-refractivity contribution in [3.63, 3.8) is 0 Å². The number of halogens is 1. The smallest absolute Gasteiger partial charge is 0.119 e. The summed E-state index contributed by atoms with van der Waals surface area (Å²) in [6.45, 7) is 2.61. The molecular formula is C19H22ClNO2. The summed E-state index contributed by atoms with van der Waals surface area (Å²) in [4.78, 5) is 2.32. The summed E-state index contributed by atoms with van der Waals surface area (Å²) in [5.41, 5.74) is 3.89. The Bertz CT molecular complexity index is 674. The van der Waals surface area contributed by atoms with Crippen LogP contribution in [0.3, 0.4) is 0 Å². The molecule has 23 heavy (non-hydrogen) atoms. The monoisotopic (exact) mass is 331 g/mol. The normalized spacial score (nSPS) is 17.8. The minimum atomic E-state index is 0.157. The molecule has 122 valence electrons. The number of rotatable bonds is 5. The summed E-state index contributed by atoms with van der Waals surface area (Å²) < 4.78 is 5.71. The summed E-state index contributed by atoms with van der Waals surface area (Å²) >= 11 is 6.17. The van der Waals surface area contributed by atoms with Gasteiger partial charge in [0.25, 0.3) is 0 Å². The van der Waals surface area contributed by atoms with E-state index in [0.29, 0.717) is 18.9 Å². The van der Waals surface area contributed by atoms with Gasteiger partial charge in [0.05, 0.1) is 6.61 Å². The highest BCUT2D eigenvalue weighted by atomic mass is 35.5. The van der Waals surface area contributed by atoms with E-state index < -0.39 is 0 Å². The summed E-state index contributed by atoms with van der Waals surface area (Å²) in [6.07, 6.45) is 0.655. The fourth-order valence-corrected chi connectivity index (χ4v) is 3.38. The first-order chi connectivity index (χ1) is 11.2. The fourth-order valence-electron chi connectivity index (χ4n) is 3.18. The molecular weight excluding hydrogens is 310 g/mol. The molecule has 1 N–H and O–H groups in total. The van der Waals surface area contributed by atoms with Crippen molar-refractivity contribution in [1.29, 1.82) is 0 Å². The van der Waals surface area contributed by atoms with Gasteiger partial charge >= 0.3 is 0 Å². The van der Waals surface area contributed by atoms with Crippen molar-refractivity contribution in [2.24, 2.45) is 0 Å². The van der Waals surface area contributed by atoms with Gasteiger partial charge in [0.15, 0.2) is 0 Å². The fraction of sp³-hybridized carbons (Fsp3) is 0.368. The molecule has 1 aliphatic rings. The number of nitrogens with zero attached hydrogens (tertiary/aromatic N) is 1. The van der Waals surface area contributed by atoms with Crippen molar-refractivity contribution < 1.29 is 9.84 Å². The van der Waals surface area contributed by atoms with E-state index in [2.05, 4.69) is 36.2 Å². The van der Waals surface area contributed by atoms with E-state index in [-0.39, 0.29) is 6.61 Å². The lowest BCUT2D eigenvalue weighted by Crippen LogP contribution is -2.31. The maximum Gasteiger partial charge on any atom is 0.119 e. The molecule has 1 heterocycles. The predicted octanol–water partition coefficient (Wildman–Crippen LogP) is 3.68. The Kier molecular flexibility index (Phi) is 5.21. The number of aliphatic hydroxyl groups is 1. The SMILES string of the molecule is CN1Cc2cc(OCCCO)ccc2C(c2cccc(Cl)c2)C1. The molecule has 4 heteroatoms.